The number of carbonyl (C=O) groups excluding carboxylic acids is 1. The van der Waals surface area contributed by atoms with Crippen LogP contribution in [0, 0.1) is 12.8 Å². The van der Waals surface area contributed by atoms with Crippen molar-refractivity contribution in [1.82, 2.24) is 0 Å². The summed E-state index contributed by atoms with van der Waals surface area (Å²) in [5.74, 6) is -0.786. The van der Waals surface area contributed by atoms with Gasteiger partial charge in [0.25, 0.3) is 0 Å². The smallest absolute Gasteiger partial charge is 0.303 e. The van der Waals surface area contributed by atoms with Crippen LogP contribution < -0.4 is 0 Å². The maximum atomic E-state index is 12.7. The van der Waals surface area contributed by atoms with Crippen molar-refractivity contribution in [2.24, 2.45) is 5.92 Å². The standard InChI is InChI=1S/C21H18O.C4H8O2/c1-16-11-13-17(14-12-16)15-19-9-5-6-10-20(19)21(22)18-7-3-2-4-8-18;1-2-3-4(5)6/h2-15,20H,1H3;2-3H2,1H3,(H,5,6). The summed E-state index contributed by atoms with van der Waals surface area (Å²) in [6.45, 7) is 3.91. The van der Waals surface area contributed by atoms with Crippen molar-refractivity contribution in [2.75, 3.05) is 0 Å². The van der Waals surface area contributed by atoms with E-state index in [1.54, 1.807) is 0 Å². The van der Waals surface area contributed by atoms with E-state index in [4.69, 9.17) is 5.11 Å². The normalized spacial score (nSPS) is 16.4. The van der Waals surface area contributed by atoms with E-state index in [2.05, 4.69) is 37.3 Å². The highest BCUT2D eigenvalue weighted by molar-refractivity contribution is 6.02. The molecule has 1 unspecified atom stereocenters. The number of Topliss-reactive ketones (excluding diaryl/α,β-unsaturated/α-hetero) is 1. The number of allylic oxidation sites excluding steroid dienone is 5. The lowest BCUT2D eigenvalue weighted by Crippen LogP contribution is -2.15. The minimum absolute atomic E-state index is 0.138. The second-order valence-electron chi connectivity index (χ2n) is 6.65. The van der Waals surface area contributed by atoms with Crippen molar-refractivity contribution < 1.29 is 14.7 Å². The van der Waals surface area contributed by atoms with Crippen molar-refractivity contribution in [2.45, 2.75) is 26.7 Å². The topological polar surface area (TPSA) is 54.4 Å². The largest absolute Gasteiger partial charge is 0.481 e. The third-order valence-electron chi connectivity index (χ3n) is 4.28. The molecule has 1 atom stereocenters. The zero-order valence-corrected chi connectivity index (χ0v) is 16.3. The van der Waals surface area contributed by atoms with E-state index in [1.807, 2.05) is 61.6 Å². The van der Waals surface area contributed by atoms with Gasteiger partial charge >= 0.3 is 5.97 Å². The van der Waals surface area contributed by atoms with Gasteiger partial charge in [-0.15, -0.1) is 0 Å². The van der Waals surface area contributed by atoms with Crippen molar-refractivity contribution >= 4 is 17.8 Å². The Morgan fingerprint density at radius 3 is 2.25 bits per heavy atom. The third-order valence-corrected chi connectivity index (χ3v) is 4.28. The number of carboxylic acids is 1. The average Bonchev–Trinajstić information content (AvgIpc) is 2.71. The van der Waals surface area contributed by atoms with Gasteiger partial charge in [0.05, 0.1) is 5.92 Å². The molecule has 0 heterocycles. The molecular weight excluding hydrogens is 348 g/mol. The van der Waals surface area contributed by atoms with E-state index < -0.39 is 5.97 Å². The molecule has 0 fully saturated rings. The molecule has 1 N–H and O–H groups in total. The van der Waals surface area contributed by atoms with E-state index in [0.29, 0.717) is 6.42 Å². The molecule has 0 saturated carbocycles. The van der Waals surface area contributed by atoms with Crippen LogP contribution in [0.1, 0.15) is 41.3 Å². The first-order valence-electron chi connectivity index (χ1n) is 9.45. The van der Waals surface area contributed by atoms with Crippen LogP contribution in [0.4, 0.5) is 0 Å². The average molecular weight is 374 g/mol. The first kappa shape index (κ1) is 21.1. The quantitative estimate of drug-likeness (QED) is 0.665. The fourth-order valence-electron chi connectivity index (χ4n) is 2.78. The molecule has 3 nitrogen and oxygen atoms in total. The van der Waals surface area contributed by atoms with Gasteiger partial charge in [-0.1, -0.05) is 97.5 Å². The summed E-state index contributed by atoms with van der Waals surface area (Å²) < 4.78 is 0. The second-order valence-corrected chi connectivity index (χ2v) is 6.65. The van der Waals surface area contributed by atoms with E-state index in [9.17, 15) is 9.59 Å². The molecule has 3 rings (SSSR count). The third kappa shape index (κ3) is 6.51. The molecule has 2 aromatic rings. The van der Waals surface area contributed by atoms with Gasteiger partial charge in [0, 0.05) is 12.0 Å². The first-order valence-corrected chi connectivity index (χ1v) is 9.45. The van der Waals surface area contributed by atoms with Crippen LogP contribution in [-0.2, 0) is 4.79 Å². The van der Waals surface area contributed by atoms with Crippen LogP contribution in [0.25, 0.3) is 6.08 Å². The molecule has 0 amide bonds. The van der Waals surface area contributed by atoms with Gasteiger partial charge in [0.15, 0.2) is 5.78 Å². The number of rotatable bonds is 5. The SMILES string of the molecule is CCCC(=O)O.Cc1ccc(C=C2C=CC=CC2C(=O)c2ccccc2)cc1. The van der Waals surface area contributed by atoms with Gasteiger partial charge in [-0.3, -0.25) is 9.59 Å². The molecule has 144 valence electrons. The van der Waals surface area contributed by atoms with Crippen LogP contribution in [0.15, 0.2) is 84.5 Å². The molecule has 28 heavy (non-hydrogen) atoms. The predicted octanol–water partition coefficient (Wildman–Crippen LogP) is 5.87. The second kappa shape index (κ2) is 10.8. The fraction of sp³-hybridized carbons (Fsp3) is 0.200. The van der Waals surface area contributed by atoms with Crippen LogP contribution in [0.2, 0.25) is 0 Å². The van der Waals surface area contributed by atoms with Gasteiger partial charge in [-0.05, 0) is 24.5 Å². The summed E-state index contributed by atoms with van der Waals surface area (Å²) in [5, 5.41) is 7.91. The molecule has 2 aromatic carbocycles. The minimum Gasteiger partial charge on any atom is -0.481 e. The van der Waals surface area contributed by atoms with Crippen molar-refractivity contribution in [3.63, 3.8) is 0 Å². The summed E-state index contributed by atoms with van der Waals surface area (Å²) in [5.41, 5.74) is 4.13. The molecule has 1 aliphatic rings. The van der Waals surface area contributed by atoms with Gasteiger partial charge in [0.1, 0.15) is 0 Å². The number of carboxylic acid groups (broad SMARTS) is 1. The highest BCUT2D eigenvalue weighted by Gasteiger charge is 2.21. The van der Waals surface area contributed by atoms with Gasteiger partial charge in [-0.25, -0.2) is 0 Å². The van der Waals surface area contributed by atoms with Crippen molar-refractivity contribution in [1.29, 1.82) is 0 Å². The number of carbonyl (C=O) groups is 2. The first-order chi connectivity index (χ1) is 13.5. The Labute approximate surface area is 166 Å². The molecule has 0 saturated heterocycles. The lowest BCUT2D eigenvalue weighted by Gasteiger charge is -2.16. The van der Waals surface area contributed by atoms with Crippen LogP contribution in [0.3, 0.4) is 0 Å². The Morgan fingerprint density at radius 1 is 1.00 bits per heavy atom. The zero-order chi connectivity index (χ0) is 20.4. The van der Waals surface area contributed by atoms with Gasteiger partial charge in [-0.2, -0.15) is 0 Å². The molecule has 0 radical (unpaired) electrons. The van der Waals surface area contributed by atoms with E-state index >= 15 is 0 Å². The summed E-state index contributed by atoms with van der Waals surface area (Å²) >= 11 is 0. The Kier molecular flexibility index (Phi) is 8.16. The maximum Gasteiger partial charge on any atom is 0.303 e. The van der Waals surface area contributed by atoms with E-state index in [1.165, 1.54) is 5.56 Å². The molecule has 0 aliphatic heterocycles. The summed E-state index contributed by atoms with van der Waals surface area (Å²) in [4.78, 5) is 22.3. The Morgan fingerprint density at radius 2 is 1.68 bits per heavy atom. The Bertz CT molecular complexity index is 872. The summed E-state index contributed by atoms with van der Waals surface area (Å²) in [6, 6.07) is 17.8. The van der Waals surface area contributed by atoms with E-state index in [0.717, 1.165) is 23.1 Å². The molecule has 0 bridgehead atoms. The lowest BCUT2D eigenvalue weighted by atomic mass is 9.86. The highest BCUT2D eigenvalue weighted by Crippen LogP contribution is 2.25. The maximum absolute atomic E-state index is 12.7. The van der Waals surface area contributed by atoms with Crippen LogP contribution in [-0.4, -0.2) is 16.9 Å². The molecule has 0 aromatic heterocycles. The van der Waals surface area contributed by atoms with E-state index in [-0.39, 0.29) is 11.7 Å². The molecular formula is C25H26O3. The lowest BCUT2D eigenvalue weighted by molar-refractivity contribution is -0.137. The molecule has 1 aliphatic carbocycles. The van der Waals surface area contributed by atoms with Crippen molar-refractivity contribution in [3.8, 4) is 0 Å². The zero-order valence-electron chi connectivity index (χ0n) is 16.3. The van der Waals surface area contributed by atoms with Gasteiger partial charge < -0.3 is 5.11 Å². The predicted molar refractivity (Wildman–Crippen MR) is 114 cm³/mol. The van der Waals surface area contributed by atoms with Crippen LogP contribution >= 0.6 is 0 Å². The molecule has 0 spiro atoms. The number of aryl methyl sites for hydroxylation is 1. The minimum atomic E-state index is -0.711. The van der Waals surface area contributed by atoms with Crippen molar-refractivity contribution in [3.05, 3.63) is 101 Å². The number of benzene rings is 2. The highest BCUT2D eigenvalue weighted by atomic mass is 16.4. The fourth-order valence-corrected chi connectivity index (χ4v) is 2.78. The number of ketones is 1. The number of aliphatic carboxylic acids is 1. The summed E-state index contributed by atoms with van der Waals surface area (Å²) in [6.07, 6.45) is 11.0. The van der Waals surface area contributed by atoms with Crippen LogP contribution in [0.5, 0.6) is 0 Å². The number of hydrogen-bond acceptors (Lipinski definition) is 2. The number of hydrogen-bond donors (Lipinski definition) is 1. The monoisotopic (exact) mass is 374 g/mol. The Balaban J connectivity index is 0.000000409. The molecule has 3 heteroatoms. The Hall–Kier alpha value is -3.20. The van der Waals surface area contributed by atoms with Gasteiger partial charge in [0.2, 0.25) is 0 Å². The summed E-state index contributed by atoms with van der Waals surface area (Å²) in [7, 11) is 0.